The predicted octanol–water partition coefficient (Wildman–Crippen LogP) is 2.58. The average Bonchev–Trinajstić information content (AvgIpc) is 2.43. The number of urea groups is 1. The molecule has 2 N–H and O–H groups in total. The molecule has 0 saturated heterocycles. The van der Waals surface area contributed by atoms with E-state index < -0.39 is 12.6 Å². The van der Waals surface area contributed by atoms with E-state index in [-0.39, 0.29) is 6.03 Å². The zero-order chi connectivity index (χ0) is 15.8. The first kappa shape index (κ1) is 16.6. The maximum absolute atomic E-state index is 12.0. The molecule has 0 aliphatic heterocycles. The molecule has 0 aliphatic rings. The Morgan fingerprint density at radius 1 is 1.33 bits per heavy atom. The minimum absolute atomic E-state index is 0.209. The Kier molecular flexibility index (Phi) is 6.26. The van der Waals surface area contributed by atoms with E-state index in [9.17, 15) is 9.59 Å². The fourth-order valence-corrected chi connectivity index (χ4v) is 1.64. The number of carboxylic acid groups (broad SMARTS) is 1. The van der Waals surface area contributed by atoms with Crippen LogP contribution < -0.4 is 10.1 Å². The standard InChI is InChI=1S/C15H20N2O4/c1-4-17(9-11(2)3)15(20)16-12-5-7-13(8-6-12)21-10-14(18)19/h5-8H,2,4,9-10H2,1,3H3,(H,16,20)(H,18,19). The summed E-state index contributed by atoms with van der Waals surface area (Å²) in [6, 6.07) is 6.31. The van der Waals surface area contributed by atoms with Crippen LogP contribution >= 0.6 is 0 Å². The molecule has 114 valence electrons. The number of ether oxygens (including phenoxy) is 1. The second-order valence-electron chi connectivity index (χ2n) is 4.61. The fourth-order valence-electron chi connectivity index (χ4n) is 1.64. The molecule has 0 saturated carbocycles. The van der Waals surface area contributed by atoms with Crippen LogP contribution in [0.15, 0.2) is 36.4 Å². The summed E-state index contributed by atoms with van der Waals surface area (Å²) in [5.41, 5.74) is 1.52. The number of carbonyl (C=O) groups excluding carboxylic acids is 1. The van der Waals surface area contributed by atoms with Gasteiger partial charge in [0.15, 0.2) is 6.61 Å². The normalized spacial score (nSPS) is 9.81. The van der Waals surface area contributed by atoms with E-state index in [1.54, 1.807) is 29.2 Å². The molecule has 0 unspecified atom stereocenters. The van der Waals surface area contributed by atoms with Crippen LogP contribution in [0, 0.1) is 0 Å². The fraction of sp³-hybridized carbons (Fsp3) is 0.333. The molecule has 2 amide bonds. The van der Waals surface area contributed by atoms with Crippen LogP contribution in [0.5, 0.6) is 5.75 Å². The Morgan fingerprint density at radius 2 is 1.95 bits per heavy atom. The van der Waals surface area contributed by atoms with Gasteiger partial charge in [0.1, 0.15) is 5.75 Å². The van der Waals surface area contributed by atoms with Gasteiger partial charge in [0.25, 0.3) is 0 Å². The van der Waals surface area contributed by atoms with Gasteiger partial charge in [0.05, 0.1) is 0 Å². The van der Waals surface area contributed by atoms with Crippen molar-refractivity contribution in [3.63, 3.8) is 0 Å². The highest BCUT2D eigenvalue weighted by atomic mass is 16.5. The molecular formula is C15H20N2O4. The van der Waals surface area contributed by atoms with Crippen LogP contribution in [0.4, 0.5) is 10.5 Å². The monoisotopic (exact) mass is 292 g/mol. The molecule has 1 aromatic rings. The highest BCUT2D eigenvalue weighted by Gasteiger charge is 2.11. The largest absolute Gasteiger partial charge is 0.482 e. The number of amides is 2. The van der Waals surface area contributed by atoms with E-state index in [4.69, 9.17) is 9.84 Å². The average molecular weight is 292 g/mol. The SMILES string of the molecule is C=C(C)CN(CC)C(=O)Nc1ccc(OCC(=O)O)cc1. The molecule has 1 aromatic carbocycles. The number of carbonyl (C=O) groups is 2. The van der Waals surface area contributed by atoms with Gasteiger partial charge >= 0.3 is 12.0 Å². The first-order chi connectivity index (χ1) is 9.92. The smallest absolute Gasteiger partial charge is 0.341 e. The lowest BCUT2D eigenvalue weighted by Gasteiger charge is -2.21. The van der Waals surface area contributed by atoms with Crippen LogP contribution in [-0.2, 0) is 4.79 Å². The van der Waals surface area contributed by atoms with E-state index in [2.05, 4.69) is 11.9 Å². The lowest BCUT2D eigenvalue weighted by Crippen LogP contribution is -2.35. The first-order valence-corrected chi connectivity index (χ1v) is 6.57. The molecule has 6 heteroatoms. The molecule has 0 spiro atoms. The summed E-state index contributed by atoms with van der Waals surface area (Å²) in [6.45, 7) is 8.24. The van der Waals surface area contributed by atoms with Crippen molar-refractivity contribution in [3.8, 4) is 5.75 Å². The Labute approximate surface area is 124 Å². The summed E-state index contributed by atoms with van der Waals surface area (Å²) in [4.78, 5) is 24.1. The predicted molar refractivity (Wildman–Crippen MR) is 80.7 cm³/mol. The second-order valence-corrected chi connectivity index (χ2v) is 4.61. The first-order valence-electron chi connectivity index (χ1n) is 6.57. The summed E-state index contributed by atoms with van der Waals surface area (Å²) in [7, 11) is 0. The third-order valence-corrected chi connectivity index (χ3v) is 2.60. The molecule has 21 heavy (non-hydrogen) atoms. The Balaban J connectivity index is 2.59. The van der Waals surface area contributed by atoms with Gasteiger partial charge in [-0.1, -0.05) is 12.2 Å². The zero-order valence-electron chi connectivity index (χ0n) is 12.3. The van der Waals surface area contributed by atoms with Crippen molar-refractivity contribution in [3.05, 3.63) is 36.4 Å². The van der Waals surface area contributed by atoms with Crippen molar-refractivity contribution in [2.24, 2.45) is 0 Å². The Morgan fingerprint density at radius 3 is 2.43 bits per heavy atom. The topological polar surface area (TPSA) is 78.9 Å². The van der Waals surface area contributed by atoms with Gasteiger partial charge < -0.3 is 20.1 Å². The van der Waals surface area contributed by atoms with Gasteiger partial charge in [0, 0.05) is 18.8 Å². The van der Waals surface area contributed by atoms with Crippen LogP contribution in [-0.4, -0.2) is 41.7 Å². The highest BCUT2D eigenvalue weighted by molar-refractivity contribution is 5.89. The molecule has 0 bridgehead atoms. The summed E-state index contributed by atoms with van der Waals surface area (Å²) in [5, 5.41) is 11.3. The number of nitrogens with one attached hydrogen (secondary N) is 1. The zero-order valence-corrected chi connectivity index (χ0v) is 12.3. The van der Waals surface area contributed by atoms with E-state index in [1.807, 2.05) is 13.8 Å². The molecule has 6 nitrogen and oxygen atoms in total. The van der Waals surface area contributed by atoms with E-state index in [0.29, 0.717) is 24.5 Å². The van der Waals surface area contributed by atoms with Gasteiger partial charge in [-0.25, -0.2) is 9.59 Å². The molecule has 1 rings (SSSR count). The molecule has 0 heterocycles. The molecule has 0 radical (unpaired) electrons. The van der Waals surface area contributed by atoms with Gasteiger partial charge in [-0.15, -0.1) is 0 Å². The van der Waals surface area contributed by atoms with Gasteiger partial charge in [0.2, 0.25) is 0 Å². The summed E-state index contributed by atoms with van der Waals surface area (Å²) < 4.78 is 5.01. The van der Waals surface area contributed by atoms with Crippen molar-refractivity contribution in [2.75, 3.05) is 25.0 Å². The minimum atomic E-state index is -1.04. The van der Waals surface area contributed by atoms with Crippen molar-refractivity contribution < 1.29 is 19.4 Å². The lowest BCUT2D eigenvalue weighted by atomic mass is 10.3. The maximum Gasteiger partial charge on any atom is 0.341 e. The van der Waals surface area contributed by atoms with Gasteiger partial charge in [-0.3, -0.25) is 0 Å². The van der Waals surface area contributed by atoms with Crippen LogP contribution in [0.25, 0.3) is 0 Å². The highest BCUT2D eigenvalue weighted by Crippen LogP contribution is 2.16. The Hall–Kier alpha value is -2.50. The number of hydrogen-bond acceptors (Lipinski definition) is 3. The number of aliphatic carboxylic acids is 1. The number of carboxylic acids is 1. The van der Waals surface area contributed by atoms with Gasteiger partial charge in [-0.2, -0.15) is 0 Å². The molecule has 0 atom stereocenters. The quantitative estimate of drug-likeness (QED) is 0.757. The molecule has 0 fully saturated rings. The van der Waals surface area contributed by atoms with Crippen molar-refractivity contribution in [2.45, 2.75) is 13.8 Å². The van der Waals surface area contributed by atoms with E-state index >= 15 is 0 Å². The molecule has 0 aromatic heterocycles. The number of nitrogens with zero attached hydrogens (tertiary/aromatic N) is 1. The number of hydrogen-bond donors (Lipinski definition) is 2. The summed E-state index contributed by atoms with van der Waals surface area (Å²) >= 11 is 0. The Bertz CT molecular complexity index is 511. The summed E-state index contributed by atoms with van der Waals surface area (Å²) in [6.07, 6.45) is 0. The summed E-state index contributed by atoms with van der Waals surface area (Å²) in [5.74, 6) is -0.601. The van der Waals surface area contributed by atoms with Crippen molar-refractivity contribution in [1.82, 2.24) is 4.90 Å². The maximum atomic E-state index is 12.0. The third kappa shape index (κ3) is 5.99. The third-order valence-electron chi connectivity index (χ3n) is 2.60. The molecule has 0 aliphatic carbocycles. The van der Waals surface area contributed by atoms with E-state index in [1.165, 1.54) is 0 Å². The lowest BCUT2D eigenvalue weighted by molar-refractivity contribution is -0.139. The van der Waals surface area contributed by atoms with Gasteiger partial charge in [-0.05, 0) is 38.1 Å². The number of benzene rings is 1. The number of anilines is 1. The van der Waals surface area contributed by atoms with Crippen LogP contribution in [0.3, 0.4) is 0 Å². The number of likely N-dealkylation sites (N-methyl/N-ethyl adjacent to an activating group) is 1. The molecular weight excluding hydrogens is 272 g/mol. The van der Waals surface area contributed by atoms with Crippen molar-refractivity contribution in [1.29, 1.82) is 0 Å². The minimum Gasteiger partial charge on any atom is -0.482 e. The number of rotatable bonds is 7. The van der Waals surface area contributed by atoms with E-state index in [0.717, 1.165) is 5.57 Å². The van der Waals surface area contributed by atoms with Crippen LogP contribution in [0.2, 0.25) is 0 Å². The van der Waals surface area contributed by atoms with Crippen molar-refractivity contribution >= 4 is 17.7 Å². The second kappa shape index (κ2) is 7.94. The van der Waals surface area contributed by atoms with Crippen LogP contribution in [0.1, 0.15) is 13.8 Å².